The van der Waals surface area contributed by atoms with Crippen LogP contribution in [0.4, 0.5) is 9.18 Å². The van der Waals surface area contributed by atoms with Crippen molar-refractivity contribution in [3.63, 3.8) is 0 Å². The number of rotatable bonds is 2. The lowest BCUT2D eigenvalue weighted by molar-refractivity contribution is -0.119. The van der Waals surface area contributed by atoms with E-state index in [-0.39, 0.29) is 0 Å². The number of amides is 2. The normalized spacial score (nSPS) is 12.0. The van der Waals surface area contributed by atoms with Gasteiger partial charge in [-0.1, -0.05) is 0 Å². The van der Waals surface area contributed by atoms with Crippen molar-refractivity contribution < 1.29 is 23.1 Å². The van der Waals surface area contributed by atoms with E-state index in [1.807, 2.05) is 0 Å². The van der Waals surface area contributed by atoms with Crippen LogP contribution in [0.15, 0.2) is 0 Å². The van der Waals surface area contributed by atoms with E-state index in [2.05, 4.69) is 0 Å². The molecule has 0 saturated heterocycles. The summed E-state index contributed by atoms with van der Waals surface area (Å²) in [7, 11) is -2.96. The fourth-order valence-corrected chi connectivity index (χ4v) is 0.972. The lowest BCUT2D eigenvalue weighted by Crippen LogP contribution is -2.41. The van der Waals surface area contributed by atoms with Crippen LogP contribution in [-0.2, 0) is 4.79 Å². The molecule has 0 aliphatic carbocycles. The summed E-state index contributed by atoms with van der Waals surface area (Å²) in [6, 6.07) is 0. The first-order valence-electron chi connectivity index (χ1n) is 2.76. The molecule has 0 spiro atoms. The molecule has 0 aliphatic rings. The molecule has 0 rings (SSSR count). The van der Waals surface area contributed by atoms with Crippen molar-refractivity contribution in [2.45, 2.75) is 0 Å². The Morgan fingerprint density at radius 2 is 1.92 bits per heavy atom. The number of hydrazine groups is 1. The zero-order valence-electron chi connectivity index (χ0n) is 6.20. The highest BCUT2D eigenvalue weighted by molar-refractivity contribution is 8.24. The second-order valence-corrected chi connectivity index (χ2v) is 4.36. The molecule has 0 fully saturated rings. The molecule has 0 atom stereocenters. The van der Waals surface area contributed by atoms with Crippen LogP contribution < -0.4 is 10.9 Å². The number of hydrogen-bond acceptors (Lipinski definition) is 4. The van der Waals surface area contributed by atoms with Gasteiger partial charge in [0.1, 0.15) is 5.75 Å². The van der Waals surface area contributed by atoms with Crippen molar-refractivity contribution in [1.82, 2.24) is 10.9 Å². The first-order valence-corrected chi connectivity index (χ1v) is 4.89. The van der Waals surface area contributed by atoms with Gasteiger partial charge in [-0.25, -0.2) is 10.2 Å². The molecule has 12 heavy (non-hydrogen) atoms. The van der Waals surface area contributed by atoms with Crippen LogP contribution in [0, 0.1) is 0 Å². The van der Waals surface area contributed by atoms with E-state index in [1.54, 1.807) is 5.43 Å². The predicted molar refractivity (Wildman–Crippen MR) is 41.4 cm³/mol. The van der Waals surface area contributed by atoms with E-state index in [4.69, 9.17) is 9.11 Å². The second-order valence-electron chi connectivity index (χ2n) is 2.08. The van der Waals surface area contributed by atoms with Crippen LogP contribution in [0.2, 0.25) is 0 Å². The summed E-state index contributed by atoms with van der Waals surface area (Å²) in [6.45, 7) is 0. The van der Waals surface area contributed by atoms with Gasteiger partial charge in [-0.05, 0) is 0 Å². The van der Waals surface area contributed by atoms with Gasteiger partial charge in [-0.2, -0.15) is 10.6 Å². The molecule has 0 saturated carbocycles. The molecule has 0 unspecified atom stereocenters. The molecule has 0 aromatic carbocycles. The molecule has 0 bridgehead atoms. The molecule has 0 aromatic rings. The molecule has 6 nitrogen and oxygen atoms in total. The summed E-state index contributed by atoms with van der Waals surface area (Å²) in [5.41, 5.74) is 2.98. The summed E-state index contributed by atoms with van der Waals surface area (Å²) in [5, 5.41) is 0. The lowest BCUT2D eigenvalue weighted by Gasteiger charge is -2.25. The highest BCUT2D eigenvalue weighted by atomic mass is 32.3. The molecule has 8 heteroatoms. The molecular weight excluding hydrogens is 191 g/mol. The maximum Gasteiger partial charge on any atom is 0.416 e. The quantitative estimate of drug-likeness (QED) is 0.288. The molecule has 2 amide bonds. The van der Waals surface area contributed by atoms with Gasteiger partial charge in [0.2, 0.25) is 0 Å². The molecule has 0 aromatic heterocycles. The SMILES string of the molecule is CS(O)(O)CC(=O)NNC(=O)F. The number of halogens is 1. The second kappa shape index (κ2) is 4.24. The van der Waals surface area contributed by atoms with Crippen LogP contribution in [0.25, 0.3) is 0 Å². The largest absolute Gasteiger partial charge is 0.416 e. The van der Waals surface area contributed by atoms with E-state index in [0.29, 0.717) is 0 Å². The van der Waals surface area contributed by atoms with Crippen LogP contribution in [0.5, 0.6) is 0 Å². The third kappa shape index (κ3) is 7.25. The first-order chi connectivity index (χ1) is 5.31. The standard InChI is InChI=1S/C4H9FN2O4S/c1-12(10,11)2-3(8)6-7-4(5)9/h10-11H,2H2,1H3,(H,6,8)(H,7,9). The molecule has 0 aliphatic heterocycles. The molecule has 0 radical (unpaired) electrons. The van der Waals surface area contributed by atoms with Crippen molar-refractivity contribution >= 4 is 22.7 Å². The van der Waals surface area contributed by atoms with Gasteiger partial charge < -0.3 is 0 Å². The molecule has 4 N–H and O–H groups in total. The minimum absolute atomic E-state index is 0.576. The Morgan fingerprint density at radius 1 is 1.42 bits per heavy atom. The van der Waals surface area contributed by atoms with E-state index < -0.39 is 28.4 Å². The van der Waals surface area contributed by atoms with E-state index in [1.165, 1.54) is 5.43 Å². The van der Waals surface area contributed by atoms with Gasteiger partial charge in [0, 0.05) is 6.26 Å². The van der Waals surface area contributed by atoms with Gasteiger partial charge in [0.25, 0.3) is 5.91 Å². The Morgan fingerprint density at radius 3 is 2.25 bits per heavy atom. The van der Waals surface area contributed by atoms with Gasteiger partial charge in [0.15, 0.2) is 0 Å². The third-order valence-corrected chi connectivity index (χ3v) is 1.51. The summed E-state index contributed by atoms with van der Waals surface area (Å²) in [5.74, 6) is -1.45. The summed E-state index contributed by atoms with van der Waals surface area (Å²) in [4.78, 5) is 20.2. The fraction of sp³-hybridized carbons (Fsp3) is 0.500. The zero-order valence-corrected chi connectivity index (χ0v) is 7.02. The van der Waals surface area contributed by atoms with Gasteiger partial charge in [-0.15, -0.1) is 4.39 Å². The van der Waals surface area contributed by atoms with Crippen LogP contribution in [0.3, 0.4) is 0 Å². The average Bonchev–Trinajstić information content (AvgIpc) is 1.79. The van der Waals surface area contributed by atoms with Crippen molar-refractivity contribution in [3.05, 3.63) is 0 Å². The monoisotopic (exact) mass is 200 g/mol. The Kier molecular flexibility index (Phi) is 3.93. The number of nitrogens with one attached hydrogen (secondary N) is 2. The molecular formula is C4H9FN2O4S. The minimum atomic E-state index is -2.96. The van der Waals surface area contributed by atoms with Gasteiger partial charge in [-0.3, -0.25) is 19.3 Å². The average molecular weight is 200 g/mol. The number of carbonyl (C=O) groups is 2. The van der Waals surface area contributed by atoms with Crippen molar-refractivity contribution in [1.29, 1.82) is 0 Å². The third-order valence-electron chi connectivity index (χ3n) is 0.705. The van der Waals surface area contributed by atoms with Gasteiger partial charge >= 0.3 is 6.16 Å². The smallest absolute Gasteiger partial charge is 0.299 e. The first kappa shape index (κ1) is 11.1. The Hall–Kier alpha value is -0.860. The van der Waals surface area contributed by atoms with Gasteiger partial charge in [0.05, 0.1) is 0 Å². The molecule has 72 valence electrons. The van der Waals surface area contributed by atoms with E-state index in [9.17, 15) is 14.0 Å². The van der Waals surface area contributed by atoms with Crippen LogP contribution in [0.1, 0.15) is 0 Å². The Balaban J connectivity index is 3.68. The maximum absolute atomic E-state index is 11.4. The maximum atomic E-state index is 11.4. The number of carbonyl (C=O) groups excluding carboxylic acids is 2. The minimum Gasteiger partial charge on any atom is -0.299 e. The molecule has 0 heterocycles. The van der Waals surface area contributed by atoms with E-state index >= 15 is 0 Å². The highest BCUT2D eigenvalue weighted by Gasteiger charge is 2.11. The van der Waals surface area contributed by atoms with Crippen LogP contribution >= 0.6 is 10.6 Å². The van der Waals surface area contributed by atoms with Crippen molar-refractivity contribution in [2.75, 3.05) is 12.0 Å². The topological polar surface area (TPSA) is 98.7 Å². The summed E-state index contributed by atoms with van der Waals surface area (Å²) < 4.78 is 28.9. The van der Waals surface area contributed by atoms with E-state index in [0.717, 1.165) is 6.26 Å². The summed E-state index contributed by atoms with van der Waals surface area (Å²) >= 11 is 0. The lowest BCUT2D eigenvalue weighted by atomic mass is 10.7. The zero-order chi connectivity index (χ0) is 9.78. The van der Waals surface area contributed by atoms with Crippen molar-refractivity contribution in [3.8, 4) is 0 Å². The highest BCUT2D eigenvalue weighted by Crippen LogP contribution is 2.31. The predicted octanol–water partition coefficient (Wildman–Crippen LogP) is 0.0771. The Bertz CT molecular complexity index is 192. The van der Waals surface area contributed by atoms with Crippen LogP contribution in [-0.4, -0.2) is 33.2 Å². The summed E-state index contributed by atoms with van der Waals surface area (Å²) in [6.07, 6.45) is -0.861. The van der Waals surface area contributed by atoms with Crippen molar-refractivity contribution in [2.24, 2.45) is 0 Å². The Labute approximate surface area is 69.5 Å². The fourth-order valence-electron chi connectivity index (χ4n) is 0.403. The number of hydrogen-bond donors (Lipinski definition) is 4.